The summed E-state index contributed by atoms with van der Waals surface area (Å²) in [6, 6.07) is 23.3. The molecule has 0 fully saturated rings. The summed E-state index contributed by atoms with van der Waals surface area (Å²) in [4.78, 5) is 39.7. The molecule has 0 saturated carbocycles. The molecule has 5 rings (SSSR count). The maximum absolute atomic E-state index is 13.0. The summed E-state index contributed by atoms with van der Waals surface area (Å²) in [6.07, 6.45) is 8.14. The Hall–Kier alpha value is -4.39. The van der Waals surface area contributed by atoms with Crippen LogP contribution in [0, 0.1) is 0 Å². The van der Waals surface area contributed by atoms with Crippen LogP contribution in [0.4, 0.5) is 0 Å². The number of nitrogens with one attached hydrogen (secondary N) is 1. The Morgan fingerprint density at radius 1 is 0.927 bits per heavy atom. The van der Waals surface area contributed by atoms with Gasteiger partial charge in [-0.2, -0.15) is 0 Å². The summed E-state index contributed by atoms with van der Waals surface area (Å²) < 4.78 is 0. The van der Waals surface area contributed by atoms with E-state index in [-0.39, 0.29) is 18.0 Å². The van der Waals surface area contributed by atoms with E-state index in [1.54, 1.807) is 24.4 Å². The second kappa shape index (κ2) is 12.9. The van der Waals surface area contributed by atoms with Crippen molar-refractivity contribution >= 4 is 34.1 Å². The highest BCUT2D eigenvalue weighted by Crippen LogP contribution is 2.32. The van der Waals surface area contributed by atoms with Gasteiger partial charge in [-0.05, 0) is 42.9 Å². The number of Topliss-reactive ketones (excluding diaryl/α,β-unsaturated/α-hetero) is 1. The second-order valence-corrected chi connectivity index (χ2v) is 10.7. The van der Waals surface area contributed by atoms with Crippen LogP contribution < -0.4 is 0 Å². The molecule has 0 atom stereocenters. The molecule has 7 heteroatoms. The van der Waals surface area contributed by atoms with E-state index in [2.05, 4.69) is 9.97 Å². The summed E-state index contributed by atoms with van der Waals surface area (Å²) >= 11 is 6.50. The number of hydrogen-bond acceptors (Lipinski definition) is 5. The predicted molar refractivity (Wildman–Crippen MR) is 164 cm³/mol. The third-order valence-electron chi connectivity index (χ3n) is 6.79. The first-order chi connectivity index (χ1) is 19.9. The fourth-order valence-corrected chi connectivity index (χ4v) is 4.92. The molecule has 2 heterocycles. The molecule has 0 amide bonds. The van der Waals surface area contributed by atoms with Crippen LogP contribution >= 0.6 is 11.6 Å². The number of ketones is 2. The fraction of sp³-hybridized carbons (Fsp3) is 0.176. The van der Waals surface area contributed by atoms with Gasteiger partial charge in [0.25, 0.3) is 0 Å². The van der Waals surface area contributed by atoms with Crippen molar-refractivity contribution < 1.29 is 9.59 Å². The Bertz CT molecular complexity index is 1720. The van der Waals surface area contributed by atoms with Crippen LogP contribution in [-0.2, 0) is 24.1 Å². The summed E-state index contributed by atoms with van der Waals surface area (Å²) in [5.41, 5.74) is 6.09. The van der Waals surface area contributed by atoms with Gasteiger partial charge in [0, 0.05) is 60.2 Å². The van der Waals surface area contributed by atoms with Crippen molar-refractivity contribution in [3.05, 3.63) is 130 Å². The number of nitrogens with zero attached hydrogens (tertiary/aromatic N) is 3. The number of hydrogen-bond donors (Lipinski definition) is 1. The van der Waals surface area contributed by atoms with E-state index in [1.165, 1.54) is 0 Å². The molecular formula is C34H31ClN4O2. The topological polar surface area (TPSA) is 79.0 Å². The smallest absolute Gasteiger partial charge is 0.167 e. The van der Waals surface area contributed by atoms with Crippen LogP contribution in [0.1, 0.15) is 32.9 Å². The highest BCUT2D eigenvalue weighted by Gasteiger charge is 2.14. The van der Waals surface area contributed by atoms with Crippen LogP contribution in [0.3, 0.4) is 0 Å². The molecule has 0 aliphatic rings. The maximum atomic E-state index is 13.0. The molecule has 6 nitrogen and oxygen atoms in total. The summed E-state index contributed by atoms with van der Waals surface area (Å²) in [6.45, 7) is 0.721. The number of para-hydroxylation sites is 1. The van der Waals surface area contributed by atoms with Gasteiger partial charge in [0.15, 0.2) is 11.6 Å². The Labute approximate surface area is 244 Å². The van der Waals surface area contributed by atoms with Gasteiger partial charge in [-0.3, -0.25) is 9.59 Å². The van der Waals surface area contributed by atoms with Gasteiger partial charge in [0.1, 0.15) is 5.82 Å². The van der Waals surface area contributed by atoms with Crippen molar-refractivity contribution in [2.75, 3.05) is 20.6 Å². The van der Waals surface area contributed by atoms with E-state index >= 15 is 0 Å². The number of carbonyl (C=O) groups excluding carboxylic acids is 2. The summed E-state index contributed by atoms with van der Waals surface area (Å²) in [5.74, 6) is 0.719. The molecule has 0 bridgehead atoms. The zero-order valence-corrected chi connectivity index (χ0v) is 23.9. The molecule has 206 valence electrons. The molecular weight excluding hydrogens is 532 g/mol. The molecule has 5 aromatic rings. The molecule has 0 aliphatic heterocycles. The third-order valence-corrected chi connectivity index (χ3v) is 7.06. The number of aromatic amines is 1. The van der Waals surface area contributed by atoms with Crippen molar-refractivity contribution in [2.24, 2.45) is 0 Å². The standard InChI is InChI=1S/C34H31ClN4O2/c1-39(2)16-6-9-27(40)18-23-12-14-26(15-13-23)32(41)19-24-7-5-8-25(17-24)20-33-37-22-30(35)34(38-33)29-21-36-31-11-4-3-10-28(29)31/h3-15,17,21-22,36H,16,18-20H2,1-2H3/b9-6+. The van der Waals surface area contributed by atoms with Crippen LogP contribution in [0.5, 0.6) is 0 Å². The number of fused-ring (bicyclic) bond motifs is 1. The zero-order valence-electron chi connectivity index (χ0n) is 23.1. The Balaban J connectivity index is 1.24. The van der Waals surface area contributed by atoms with E-state index in [9.17, 15) is 9.59 Å². The number of likely N-dealkylation sites (N-methyl/N-ethyl adjacent to an activating group) is 1. The third kappa shape index (κ3) is 7.23. The largest absolute Gasteiger partial charge is 0.360 e. The number of allylic oxidation sites excluding steroid dienone is 1. The molecule has 1 N–H and O–H groups in total. The molecule has 0 aliphatic carbocycles. The van der Waals surface area contributed by atoms with Gasteiger partial charge in [-0.25, -0.2) is 9.97 Å². The molecule has 0 spiro atoms. The predicted octanol–water partition coefficient (Wildman–Crippen LogP) is 6.52. The van der Waals surface area contributed by atoms with Crippen LogP contribution in [-0.4, -0.2) is 52.1 Å². The van der Waals surface area contributed by atoms with Crippen molar-refractivity contribution in [2.45, 2.75) is 19.3 Å². The monoisotopic (exact) mass is 562 g/mol. The van der Waals surface area contributed by atoms with Crippen molar-refractivity contribution in [3.63, 3.8) is 0 Å². The summed E-state index contributed by atoms with van der Waals surface area (Å²) in [5, 5.41) is 1.55. The number of benzene rings is 3. The van der Waals surface area contributed by atoms with Crippen molar-refractivity contribution in [1.82, 2.24) is 19.9 Å². The second-order valence-electron chi connectivity index (χ2n) is 10.3. The SMILES string of the molecule is CN(C)C/C=C/C(=O)Cc1ccc(C(=O)Cc2cccc(Cc3ncc(Cl)c(-c4c[nH]c5ccccc45)n3)c2)cc1. The Morgan fingerprint density at radius 2 is 1.71 bits per heavy atom. The molecule has 41 heavy (non-hydrogen) atoms. The molecule has 2 aromatic heterocycles. The van der Waals surface area contributed by atoms with E-state index < -0.39 is 0 Å². The van der Waals surface area contributed by atoms with Crippen molar-refractivity contribution in [3.8, 4) is 11.3 Å². The number of carbonyl (C=O) groups is 2. The Morgan fingerprint density at radius 3 is 2.51 bits per heavy atom. The molecule has 0 unspecified atom stereocenters. The van der Waals surface area contributed by atoms with E-state index in [1.807, 2.05) is 91.9 Å². The number of aromatic nitrogens is 3. The number of H-pyrrole nitrogens is 1. The van der Waals surface area contributed by atoms with E-state index in [4.69, 9.17) is 16.6 Å². The highest BCUT2D eigenvalue weighted by atomic mass is 35.5. The quantitative estimate of drug-likeness (QED) is 0.146. The van der Waals surface area contributed by atoms with Gasteiger partial charge in [-0.1, -0.05) is 84.4 Å². The lowest BCUT2D eigenvalue weighted by Crippen LogP contribution is -2.11. The van der Waals surface area contributed by atoms with Crippen LogP contribution in [0.15, 0.2) is 97.3 Å². The minimum atomic E-state index is 0.0234. The molecule has 0 radical (unpaired) electrons. The minimum Gasteiger partial charge on any atom is -0.360 e. The molecule has 0 saturated heterocycles. The van der Waals surface area contributed by atoms with Gasteiger partial charge < -0.3 is 9.88 Å². The first-order valence-electron chi connectivity index (χ1n) is 13.5. The van der Waals surface area contributed by atoms with Gasteiger partial charge >= 0.3 is 0 Å². The maximum Gasteiger partial charge on any atom is 0.167 e. The zero-order chi connectivity index (χ0) is 28.8. The lowest BCUT2D eigenvalue weighted by atomic mass is 9.99. The summed E-state index contributed by atoms with van der Waals surface area (Å²) in [7, 11) is 3.91. The van der Waals surface area contributed by atoms with Crippen LogP contribution in [0.25, 0.3) is 22.2 Å². The van der Waals surface area contributed by atoms with Crippen molar-refractivity contribution in [1.29, 1.82) is 0 Å². The molecule has 3 aromatic carbocycles. The Kier molecular flexibility index (Phi) is 8.82. The first-order valence-corrected chi connectivity index (χ1v) is 13.9. The van der Waals surface area contributed by atoms with E-state index in [0.717, 1.165) is 39.7 Å². The average Bonchev–Trinajstić information content (AvgIpc) is 3.38. The van der Waals surface area contributed by atoms with Crippen LogP contribution in [0.2, 0.25) is 5.02 Å². The van der Waals surface area contributed by atoms with Gasteiger partial charge in [-0.15, -0.1) is 0 Å². The normalized spacial score (nSPS) is 11.5. The highest BCUT2D eigenvalue weighted by molar-refractivity contribution is 6.33. The lowest BCUT2D eigenvalue weighted by Gasteiger charge is -2.08. The average molecular weight is 563 g/mol. The van der Waals surface area contributed by atoms with Gasteiger partial charge in [0.05, 0.1) is 10.7 Å². The number of halogens is 1. The first kappa shape index (κ1) is 28.1. The van der Waals surface area contributed by atoms with Gasteiger partial charge in [0.2, 0.25) is 0 Å². The number of rotatable bonds is 11. The fourth-order valence-electron chi connectivity index (χ4n) is 4.73. The minimum absolute atomic E-state index is 0.0234. The van der Waals surface area contributed by atoms with E-state index in [0.29, 0.717) is 34.9 Å². The lowest BCUT2D eigenvalue weighted by molar-refractivity contribution is -0.114.